The zero-order chi connectivity index (χ0) is 15.5. The minimum absolute atomic E-state index is 0.148. The number of aliphatic carboxylic acids is 1. The number of aromatic nitrogens is 2. The lowest BCUT2D eigenvalue weighted by Crippen LogP contribution is -1.97. The molecule has 112 valence electrons. The van der Waals surface area contributed by atoms with Gasteiger partial charge in [-0.05, 0) is 36.6 Å². The van der Waals surface area contributed by atoms with E-state index in [-0.39, 0.29) is 6.42 Å². The number of aryl methyl sites for hydroxylation is 1. The fourth-order valence-corrected chi connectivity index (χ4v) is 2.86. The minimum Gasteiger partial charge on any atom is -0.481 e. The lowest BCUT2D eigenvalue weighted by molar-refractivity contribution is -0.137. The molecule has 2 N–H and O–H groups in total. The van der Waals surface area contributed by atoms with Crippen LogP contribution in [0, 0.1) is 0 Å². The number of rotatable bonds is 5. The molecule has 0 saturated heterocycles. The number of carboxylic acids is 1. The Hall–Kier alpha value is -2.33. The first kappa shape index (κ1) is 14.6. The Morgan fingerprint density at radius 2 is 2.09 bits per heavy atom. The van der Waals surface area contributed by atoms with Gasteiger partial charge in [-0.15, -0.1) is 0 Å². The maximum atomic E-state index is 10.8. The quantitative estimate of drug-likeness (QED) is 0.738. The maximum absolute atomic E-state index is 10.8. The Bertz CT molecular complexity index is 812. The van der Waals surface area contributed by atoms with Gasteiger partial charge in [-0.25, -0.2) is 0 Å². The molecular weight excluding hydrogens is 300 g/mol. The topological polar surface area (TPSA) is 66.0 Å². The number of carboxylic acid groups (broad SMARTS) is 1. The highest BCUT2D eigenvalue weighted by Gasteiger charge is 2.15. The van der Waals surface area contributed by atoms with Crippen molar-refractivity contribution in [2.24, 2.45) is 0 Å². The number of hydrogen-bond donors (Lipinski definition) is 2. The highest BCUT2D eigenvalue weighted by atomic mass is 35.5. The van der Waals surface area contributed by atoms with Crippen molar-refractivity contribution >= 4 is 28.5 Å². The second-order valence-corrected chi connectivity index (χ2v) is 5.51. The van der Waals surface area contributed by atoms with Gasteiger partial charge in [-0.1, -0.05) is 29.8 Å². The molecule has 0 bridgehead atoms. The number of halogens is 1. The summed E-state index contributed by atoms with van der Waals surface area (Å²) >= 11 is 6.27. The van der Waals surface area contributed by atoms with Crippen molar-refractivity contribution in [3.05, 3.63) is 53.2 Å². The summed E-state index contributed by atoms with van der Waals surface area (Å²) in [7, 11) is 0. The van der Waals surface area contributed by atoms with Crippen LogP contribution >= 0.6 is 11.6 Å². The molecule has 22 heavy (non-hydrogen) atoms. The molecule has 3 aromatic rings. The van der Waals surface area contributed by atoms with Gasteiger partial charge < -0.3 is 10.1 Å². The van der Waals surface area contributed by atoms with Crippen LogP contribution in [0.5, 0.6) is 0 Å². The van der Waals surface area contributed by atoms with Crippen molar-refractivity contribution in [1.82, 2.24) is 9.97 Å². The predicted octanol–water partition coefficient (Wildman–Crippen LogP) is 4.29. The van der Waals surface area contributed by atoms with Gasteiger partial charge in [0.2, 0.25) is 0 Å². The van der Waals surface area contributed by atoms with E-state index in [1.807, 2.05) is 36.4 Å². The normalized spacial score (nSPS) is 11.0. The van der Waals surface area contributed by atoms with E-state index in [0.29, 0.717) is 17.9 Å². The molecule has 2 heterocycles. The third-order valence-corrected chi connectivity index (χ3v) is 3.94. The zero-order valence-corrected chi connectivity index (χ0v) is 12.6. The van der Waals surface area contributed by atoms with Gasteiger partial charge in [-0.2, -0.15) is 0 Å². The van der Waals surface area contributed by atoms with Crippen molar-refractivity contribution in [3.63, 3.8) is 0 Å². The van der Waals surface area contributed by atoms with Crippen LogP contribution in [0.4, 0.5) is 0 Å². The van der Waals surface area contributed by atoms with E-state index < -0.39 is 5.97 Å². The molecule has 0 spiro atoms. The molecule has 4 nitrogen and oxygen atoms in total. The molecule has 1 aromatic carbocycles. The average molecular weight is 315 g/mol. The first-order valence-corrected chi connectivity index (χ1v) is 7.47. The van der Waals surface area contributed by atoms with Crippen molar-refractivity contribution in [2.75, 3.05) is 0 Å². The highest BCUT2D eigenvalue weighted by molar-refractivity contribution is 6.35. The van der Waals surface area contributed by atoms with Crippen LogP contribution in [0.25, 0.3) is 22.3 Å². The van der Waals surface area contributed by atoms with E-state index in [1.165, 1.54) is 0 Å². The minimum atomic E-state index is -0.780. The lowest BCUT2D eigenvalue weighted by atomic mass is 10.0. The monoisotopic (exact) mass is 314 g/mol. The van der Waals surface area contributed by atoms with Crippen LogP contribution < -0.4 is 0 Å². The van der Waals surface area contributed by atoms with Crippen molar-refractivity contribution in [3.8, 4) is 11.4 Å². The van der Waals surface area contributed by atoms with Gasteiger partial charge in [0.25, 0.3) is 0 Å². The summed E-state index contributed by atoms with van der Waals surface area (Å²) in [6.07, 6.45) is 3.13. The molecule has 0 aliphatic heterocycles. The summed E-state index contributed by atoms with van der Waals surface area (Å²) < 4.78 is 0. The number of H-pyrrole nitrogens is 1. The summed E-state index contributed by atoms with van der Waals surface area (Å²) in [6, 6.07) is 11.5. The van der Waals surface area contributed by atoms with E-state index >= 15 is 0 Å². The zero-order valence-electron chi connectivity index (χ0n) is 11.8. The second kappa shape index (κ2) is 6.20. The summed E-state index contributed by atoms with van der Waals surface area (Å²) in [6.45, 7) is 0. The SMILES string of the molecule is O=C(O)CCCc1c(-c2ccccn2)[nH]c2c(Cl)cccc12. The summed E-state index contributed by atoms with van der Waals surface area (Å²) in [5.41, 5.74) is 3.68. The second-order valence-electron chi connectivity index (χ2n) is 5.10. The van der Waals surface area contributed by atoms with Crippen LogP contribution in [-0.4, -0.2) is 21.0 Å². The Balaban J connectivity index is 2.09. The van der Waals surface area contributed by atoms with Crippen molar-refractivity contribution < 1.29 is 9.90 Å². The van der Waals surface area contributed by atoms with Crippen LogP contribution in [0.15, 0.2) is 42.6 Å². The molecule has 0 saturated carbocycles. The third-order valence-electron chi connectivity index (χ3n) is 3.63. The number of nitrogens with one attached hydrogen (secondary N) is 1. The molecule has 0 radical (unpaired) electrons. The fraction of sp³-hybridized carbons (Fsp3) is 0.176. The third kappa shape index (κ3) is 2.83. The van der Waals surface area contributed by atoms with Crippen LogP contribution in [0.2, 0.25) is 5.02 Å². The number of nitrogens with zero attached hydrogens (tertiary/aromatic N) is 1. The maximum Gasteiger partial charge on any atom is 0.303 e. The summed E-state index contributed by atoms with van der Waals surface area (Å²) in [5.74, 6) is -0.780. The van der Waals surface area contributed by atoms with Crippen LogP contribution in [0.1, 0.15) is 18.4 Å². The van der Waals surface area contributed by atoms with E-state index in [4.69, 9.17) is 16.7 Å². The molecule has 0 fully saturated rings. The van der Waals surface area contributed by atoms with E-state index in [9.17, 15) is 4.79 Å². The number of pyridine rings is 1. The largest absolute Gasteiger partial charge is 0.481 e. The number of hydrogen-bond acceptors (Lipinski definition) is 2. The van der Waals surface area contributed by atoms with Gasteiger partial charge >= 0.3 is 5.97 Å². The van der Waals surface area contributed by atoms with E-state index in [2.05, 4.69) is 9.97 Å². The molecule has 0 amide bonds. The number of carbonyl (C=O) groups is 1. The van der Waals surface area contributed by atoms with Gasteiger partial charge in [-0.3, -0.25) is 9.78 Å². The van der Waals surface area contributed by atoms with Gasteiger partial charge in [0.15, 0.2) is 0 Å². The van der Waals surface area contributed by atoms with Gasteiger partial charge in [0.1, 0.15) is 0 Å². The summed E-state index contributed by atoms with van der Waals surface area (Å²) in [4.78, 5) is 18.5. The Morgan fingerprint density at radius 3 is 2.82 bits per heavy atom. The Morgan fingerprint density at radius 1 is 1.23 bits per heavy atom. The smallest absolute Gasteiger partial charge is 0.303 e. The van der Waals surface area contributed by atoms with Crippen LogP contribution in [0.3, 0.4) is 0 Å². The highest BCUT2D eigenvalue weighted by Crippen LogP contribution is 2.33. The Kier molecular flexibility index (Phi) is 4.11. The summed E-state index contributed by atoms with van der Waals surface area (Å²) in [5, 5.41) is 10.5. The Labute approximate surface area is 132 Å². The van der Waals surface area contributed by atoms with Gasteiger partial charge in [0.05, 0.1) is 21.9 Å². The number of benzene rings is 1. The first-order chi connectivity index (χ1) is 10.7. The fourth-order valence-electron chi connectivity index (χ4n) is 2.64. The molecular formula is C17H15ClN2O2. The molecule has 0 unspecified atom stereocenters. The van der Waals surface area contributed by atoms with Crippen LogP contribution in [-0.2, 0) is 11.2 Å². The number of para-hydroxylation sites is 1. The van der Waals surface area contributed by atoms with E-state index in [0.717, 1.165) is 27.9 Å². The average Bonchev–Trinajstić information content (AvgIpc) is 2.88. The molecule has 0 atom stereocenters. The molecule has 0 aliphatic carbocycles. The van der Waals surface area contributed by atoms with Crippen molar-refractivity contribution in [2.45, 2.75) is 19.3 Å². The number of fused-ring (bicyclic) bond motifs is 1. The predicted molar refractivity (Wildman–Crippen MR) is 87.1 cm³/mol. The molecule has 5 heteroatoms. The molecule has 3 rings (SSSR count). The van der Waals surface area contributed by atoms with Crippen molar-refractivity contribution in [1.29, 1.82) is 0 Å². The van der Waals surface area contributed by atoms with E-state index in [1.54, 1.807) is 6.20 Å². The van der Waals surface area contributed by atoms with Gasteiger partial charge in [0, 0.05) is 18.0 Å². The lowest BCUT2D eigenvalue weighted by Gasteiger charge is -2.03. The molecule has 0 aliphatic rings. The molecule has 2 aromatic heterocycles. The number of aromatic amines is 1. The standard InChI is InChI=1S/C17H15ClN2O2/c18-13-7-3-5-11-12(6-4-9-15(21)22)17(20-16(11)13)14-8-1-2-10-19-14/h1-3,5,7-8,10,20H,4,6,9H2,(H,21,22). The first-order valence-electron chi connectivity index (χ1n) is 7.09.